The van der Waals surface area contributed by atoms with Crippen LogP contribution in [-0.4, -0.2) is 45.8 Å². The van der Waals surface area contributed by atoms with E-state index in [1.54, 1.807) is 0 Å². The first-order valence-electron chi connectivity index (χ1n) is 12.4. The van der Waals surface area contributed by atoms with Crippen molar-refractivity contribution in [1.29, 1.82) is 0 Å². The summed E-state index contributed by atoms with van der Waals surface area (Å²) in [6, 6.07) is 0. The third-order valence-electron chi connectivity index (χ3n) is 10.4. The second-order valence-corrected chi connectivity index (χ2v) is 11.4. The molecule has 8 nitrogen and oxygen atoms in total. The molecular formula is C25H39N3O5. The van der Waals surface area contributed by atoms with Gasteiger partial charge in [0.15, 0.2) is 0 Å². The van der Waals surface area contributed by atoms with Crippen molar-refractivity contribution in [3.63, 3.8) is 0 Å². The molecule has 0 aromatic rings. The summed E-state index contributed by atoms with van der Waals surface area (Å²) in [6.45, 7) is 6.76. The summed E-state index contributed by atoms with van der Waals surface area (Å²) < 4.78 is 4.84. The molecule has 3 N–H and O–H groups in total. The van der Waals surface area contributed by atoms with Gasteiger partial charge < -0.3 is 20.4 Å². The molecule has 0 aromatic carbocycles. The predicted octanol–water partition coefficient (Wildman–Crippen LogP) is 4.95. The SMILES string of the molecule is COC(=O)CC[C@@H](C)[C@H]1CC[C@H]2[C@@H]3/C(=N/O)C[C@@H]4C/C(=N/O)CC[C@]4(C)[C@H]3C/C(=N\O)[C@]12C. The maximum Gasteiger partial charge on any atom is 0.305 e. The van der Waals surface area contributed by atoms with Gasteiger partial charge >= 0.3 is 5.97 Å². The lowest BCUT2D eigenvalue weighted by molar-refractivity contribution is -0.141. The summed E-state index contributed by atoms with van der Waals surface area (Å²) in [5, 5.41) is 40.9. The van der Waals surface area contributed by atoms with Crippen LogP contribution in [-0.2, 0) is 9.53 Å². The van der Waals surface area contributed by atoms with Gasteiger partial charge in [-0.1, -0.05) is 36.2 Å². The highest BCUT2D eigenvalue weighted by atomic mass is 16.5. The molecule has 0 saturated heterocycles. The number of ether oxygens (including phenoxy) is 1. The van der Waals surface area contributed by atoms with Gasteiger partial charge in [-0.2, -0.15) is 0 Å². The van der Waals surface area contributed by atoms with Crippen LogP contribution in [0.2, 0.25) is 0 Å². The van der Waals surface area contributed by atoms with E-state index >= 15 is 0 Å². The molecule has 184 valence electrons. The molecule has 4 rings (SSSR count). The Morgan fingerprint density at radius 1 is 1.09 bits per heavy atom. The summed E-state index contributed by atoms with van der Waals surface area (Å²) in [5.41, 5.74) is 2.26. The molecule has 0 unspecified atom stereocenters. The quantitative estimate of drug-likeness (QED) is 0.311. The van der Waals surface area contributed by atoms with E-state index in [0.717, 1.165) is 55.7 Å². The summed E-state index contributed by atoms with van der Waals surface area (Å²) in [5.74, 6) is 1.27. The monoisotopic (exact) mass is 461 g/mol. The zero-order chi connectivity index (χ0) is 24.0. The zero-order valence-corrected chi connectivity index (χ0v) is 20.3. The maximum absolute atomic E-state index is 11.7. The lowest BCUT2D eigenvalue weighted by Gasteiger charge is -2.60. The number of nitrogens with zero attached hydrogens (tertiary/aromatic N) is 3. The Morgan fingerprint density at radius 2 is 1.85 bits per heavy atom. The minimum absolute atomic E-state index is 0.0128. The normalized spacial score (nSPS) is 44.8. The molecular weight excluding hydrogens is 422 g/mol. The Hall–Kier alpha value is -2.12. The maximum atomic E-state index is 11.7. The number of rotatable bonds is 4. The number of hydrogen-bond acceptors (Lipinski definition) is 8. The molecule has 4 aliphatic carbocycles. The average molecular weight is 462 g/mol. The van der Waals surface area contributed by atoms with Crippen molar-refractivity contribution in [3.8, 4) is 0 Å². The lowest BCUT2D eigenvalue weighted by Crippen LogP contribution is -2.60. The van der Waals surface area contributed by atoms with Crippen molar-refractivity contribution >= 4 is 23.1 Å². The van der Waals surface area contributed by atoms with Crippen molar-refractivity contribution in [2.24, 2.45) is 61.8 Å². The Labute approximate surface area is 196 Å². The van der Waals surface area contributed by atoms with Crippen molar-refractivity contribution in [2.45, 2.75) is 78.6 Å². The smallest absolute Gasteiger partial charge is 0.305 e. The fraction of sp³-hybridized carbons (Fsp3) is 0.840. The number of methoxy groups -OCH3 is 1. The van der Waals surface area contributed by atoms with Gasteiger partial charge in [0.25, 0.3) is 0 Å². The van der Waals surface area contributed by atoms with Crippen LogP contribution in [0.3, 0.4) is 0 Å². The van der Waals surface area contributed by atoms with Crippen LogP contribution >= 0.6 is 0 Å². The Morgan fingerprint density at radius 3 is 2.48 bits per heavy atom. The van der Waals surface area contributed by atoms with Crippen LogP contribution in [0.25, 0.3) is 0 Å². The molecule has 4 aliphatic rings. The van der Waals surface area contributed by atoms with Crippen LogP contribution in [0.4, 0.5) is 0 Å². The minimum atomic E-state index is -0.295. The molecule has 0 aliphatic heterocycles. The second-order valence-electron chi connectivity index (χ2n) is 11.4. The molecule has 0 aromatic heterocycles. The molecule has 0 radical (unpaired) electrons. The van der Waals surface area contributed by atoms with Crippen molar-refractivity contribution in [2.75, 3.05) is 7.11 Å². The van der Waals surface area contributed by atoms with Gasteiger partial charge in [-0.15, -0.1) is 0 Å². The molecule has 33 heavy (non-hydrogen) atoms. The fourth-order valence-corrected chi connectivity index (χ4v) is 8.45. The first-order valence-corrected chi connectivity index (χ1v) is 12.4. The average Bonchev–Trinajstić information content (AvgIpc) is 3.18. The van der Waals surface area contributed by atoms with Gasteiger partial charge in [0.05, 0.1) is 24.2 Å². The molecule has 0 bridgehead atoms. The molecule has 4 fully saturated rings. The zero-order valence-electron chi connectivity index (χ0n) is 20.3. The third kappa shape index (κ3) is 3.64. The van der Waals surface area contributed by atoms with E-state index in [4.69, 9.17) is 4.74 Å². The number of hydrogen-bond donors (Lipinski definition) is 3. The first-order chi connectivity index (χ1) is 15.7. The second kappa shape index (κ2) is 8.91. The van der Waals surface area contributed by atoms with Crippen LogP contribution in [0.1, 0.15) is 78.6 Å². The van der Waals surface area contributed by atoms with E-state index in [1.807, 2.05) is 0 Å². The summed E-state index contributed by atoms with van der Waals surface area (Å²) in [6.07, 6.45) is 6.97. The number of carbonyl (C=O) groups is 1. The third-order valence-corrected chi connectivity index (χ3v) is 10.4. The number of oxime groups is 3. The highest BCUT2D eigenvalue weighted by Crippen LogP contribution is 2.66. The standard InChI is InChI=1S/C25H39N3O5/c1-14(5-8-22(29)33-4)17-6-7-18-23-19(13-21(28-32)25(17,18)3)24(2)10-9-16(26-30)11-15(24)12-20(23)27-31/h14-15,17-19,23,30-32H,5-13H2,1-4H3/b26-16+,27-20+,28-21+/t14-,15+,17-,18+,19+,23+,24+,25-/m1/s1. The van der Waals surface area contributed by atoms with Gasteiger partial charge in [0.1, 0.15) is 0 Å². The predicted molar refractivity (Wildman–Crippen MR) is 124 cm³/mol. The molecule has 0 amide bonds. The summed E-state index contributed by atoms with van der Waals surface area (Å²) in [4.78, 5) is 11.7. The van der Waals surface area contributed by atoms with Gasteiger partial charge in [0, 0.05) is 17.8 Å². The highest BCUT2D eigenvalue weighted by molar-refractivity contribution is 5.97. The summed E-state index contributed by atoms with van der Waals surface area (Å²) in [7, 11) is 1.42. The van der Waals surface area contributed by atoms with E-state index in [0.29, 0.717) is 25.2 Å². The van der Waals surface area contributed by atoms with E-state index < -0.39 is 0 Å². The molecule has 8 heteroatoms. The van der Waals surface area contributed by atoms with E-state index in [2.05, 4.69) is 36.2 Å². The van der Waals surface area contributed by atoms with Gasteiger partial charge in [-0.05, 0) is 86.4 Å². The first kappa shape index (κ1) is 24.0. The van der Waals surface area contributed by atoms with E-state index in [9.17, 15) is 20.4 Å². The van der Waals surface area contributed by atoms with Crippen molar-refractivity contribution in [1.82, 2.24) is 0 Å². The topological polar surface area (TPSA) is 124 Å². The molecule has 0 heterocycles. The van der Waals surface area contributed by atoms with Crippen LogP contribution < -0.4 is 0 Å². The molecule has 0 spiro atoms. The van der Waals surface area contributed by atoms with Crippen LogP contribution in [0.5, 0.6) is 0 Å². The summed E-state index contributed by atoms with van der Waals surface area (Å²) >= 11 is 0. The lowest BCUT2D eigenvalue weighted by atomic mass is 9.43. The Balaban J connectivity index is 1.67. The highest BCUT2D eigenvalue weighted by Gasteiger charge is 2.65. The van der Waals surface area contributed by atoms with Gasteiger partial charge in [-0.25, -0.2) is 0 Å². The van der Waals surface area contributed by atoms with E-state index in [1.165, 1.54) is 7.11 Å². The van der Waals surface area contributed by atoms with Crippen LogP contribution in [0.15, 0.2) is 15.5 Å². The van der Waals surface area contributed by atoms with E-state index in [-0.39, 0.29) is 46.4 Å². The number of fused-ring (bicyclic) bond motifs is 5. The number of esters is 1. The fourth-order valence-electron chi connectivity index (χ4n) is 8.45. The Kier molecular flexibility index (Phi) is 6.49. The van der Waals surface area contributed by atoms with Gasteiger partial charge in [0.2, 0.25) is 0 Å². The van der Waals surface area contributed by atoms with Crippen molar-refractivity contribution in [3.05, 3.63) is 0 Å². The number of carbonyl (C=O) groups excluding carboxylic acids is 1. The molecule has 4 saturated carbocycles. The van der Waals surface area contributed by atoms with Crippen molar-refractivity contribution < 1.29 is 25.2 Å². The Bertz CT molecular complexity index is 870. The van der Waals surface area contributed by atoms with Crippen LogP contribution in [0, 0.1) is 46.3 Å². The van der Waals surface area contributed by atoms with Gasteiger partial charge in [-0.3, -0.25) is 4.79 Å². The largest absolute Gasteiger partial charge is 0.469 e. The minimum Gasteiger partial charge on any atom is -0.469 e. The molecule has 8 atom stereocenters.